The second-order valence-electron chi connectivity index (χ2n) is 4.36. The first-order valence-electron chi connectivity index (χ1n) is 5.67. The standard InChI is InChI=1S/C14H13NOS/c1-9(2)14-15-12(8-17-14)10-4-3-5-13-11(10)6-7-16-13/h3-9H,1-2H3. The molecule has 17 heavy (non-hydrogen) atoms. The molecule has 0 amide bonds. The van der Waals surface area contributed by atoms with Crippen LogP contribution >= 0.6 is 11.3 Å². The highest BCUT2D eigenvalue weighted by Crippen LogP contribution is 2.31. The van der Waals surface area contributed by atoms with Gasteiger partial charge in [-0.15, -0.1) is 11.3 Å². The first-order chi connectivity index (χ1) is 8.25. The molecule has 0 atom stereocenters. The molecule has 3 rings (SSSR count). The summed E-state index contributed by atoms with van der Waals surface area (Å²) in [5.41, 5.74) is 3.12. The number of thiazole rings is 1. The highest BCUT2D eigenvalue weighted by molar-refractivity contribution is 7.10. The predicted molar refractivity (Wildman–Crippen MR) is 71.4 cm³/mol. The van der Waals surface area contributed by atoms with Gasteiger partial charge in [0.15, 0.2) is 0 Å². The van der Waals surface area contributed by atoms with Gasteiger partial charge in [-0.1, -0.05) is 26.0 Å². The highest BCUT2D eigenvalue weighted by Gasteiger charge is 2.10. The van der Waals surface area contributed by atoms with E-state index in [0.717, 1.165) is 22.2 Å². The Morgan fingerprint density at radius 3 is 2.88 bits per heavy atom. The monoisotopic (exact) mass is 243 g/mol. The van der Waals surface area contributed by atoms with E-state index in [9.17, 15) is 0 Å². The zero-order chi connectivity index (χ0) is 11.8. The number of fused-ring (bicyclic) bond motifs is 1. The molecule has 2 nitrogen and oxygen atoms in total. The van der Waals surface area contributed by atoms with Crippen molar-refractivity contribution in [2.45, 2.75) is 19.8 Å². The molecule has 3 heteroatoms. The van der Waals surface area contributed by atoms with Crippen LogP contribution in [0.2, 0.25) is 0 Å². The smallest absolute Gasteiger partial charge is 0.134 e. The molecule has 0 spiro atoms. The van der Waals surface area contributed by atoms with Gasteiger partial charge in [0.1, 0.15) is 5.58 Å². The fourth-order valence-corrected chi connectivity index (χ4v) is 2.73. The summed E-state index contributed by atoms with van der Waals surface area (Å²) >= 11 is 1.72. The lowest BCUT2D eigenvalue weighted by Gasteiger charge is -1.99. The van der Waals surface area contributed by atoms with Crippen molar-refractivity contribution in [1.82, 2.24) is 4.98 Å². The van der Waals surface area contributed by atoms with Gasteiger partial charge in [0.05, 0.1) is 17.0 Å². The molecule has 0 saturated heterocycles. The van der Waals surface area contributed by atoms with Gasteiger partial charge in [-0.2, -0.15) is 0 Å². The topological polar surface area (TPSA) is 26.0 Å². The Balaban J connectivity index is 2.16. The van der Waals surface area contributed by atoms with E-state index >= 15 is 0 Å². The van der Waals surface area contributed by atoms with Crippen LogP contribution in [-0.4, -0.2) is 4.98 Å². The van der Waals surface area contributed by atoms with Crippen molar-refractivity contribution in [3.63, 3.8) is 0 Å². The van der Waals surface area contributed by atoms with Gasteiger partial charge in [0.25, 0.3) is 0 Å². The van der Waals surface area contributed by atoms with E-state index in [4.69, 9.17) is 4.42 Å². The lowest BCUT2D eigenvalue weighted by atomic mass is 10.1. The van der Waals surface area contributed by atoms with Crippen molar-refractivity contribution >= 4 is 22.3 Å². The van der Waals surface area contributed by atoms with Crippen LogP contribution in [0.4, 0.5) is 0 Å². The third-order valence-electron chi connectivity index (χ3n) is 2.79. The van der Waals surface area contributed by atoms with Gasteiger partial charge < -0.3 is 4.42 Å². The van der Waals surface area contributed by atoms with Crippen LogP contribution < -0.4 is 0 Å². The molecule has 0 bridgehead atoms. The van der Waals surface area contributed by atoms with Gasteiger partial charge in [0, 0.05) is 22.2 Å². The number of benzene rings is 1. The van der Waals surface area contributed by atoms with E-state index in [1.807, 2.05) is 18.2 Å². The molecule has 2 heterocycles. The lowest BCUT2D eigenvalue weighted by molar-refractivity contribution is 0.616. The van der Waals surface area contributed by atoms with Crippen LogP contribution in [0.15, 0.2) is 40.3 Å². The van der Waals surface area contributed by atoms with E-state index in [2.05, 4.69) is 30.3 Å². The van der Waals surface area contributed by atoms with Crippen LogP contribution in [-0.2, 0) is 0 Å². The average molecular weight is 243 g/mol. The first kappa shape index (κ1) is 10.5. The Bertz CT molecular complexity index is 651. The fourth-order valence-electron chi connectivity index (χ4n) is 1.89. The molecule has 0 unspecified atom stereocenters. The lowest BCUT2D eigenvalue weighted by Crippen LogP contribution is -1.85. The minimum absolute atomic E-state index is 0.484. The van der Waals surface area contributed by atoms with Crippen molar-refractivity contribution in [3.05, 3.63) is 40.9 Å². The zero-order valence-electron chi connectivity index (χ0n) is 9.81. The van der Waals surface area contributed by atoms with E-state index in [0.29, 0.717) is 5.92 Å². The molecule has 0 aliphatic rings. The molecule has 0 saturated carbocycles. The Morgan fingerprint density at radius 1 is 1.24 bits per heavy atom. The van der Waals surface area contributed by atoms with Crippen molar-refractivity contribution in [3.8, 4) is 11.3 Å². The van der Waals surface area contributed by atoms with Crippen molar-refractivity contribution in [2.24, 2.45) is 0 Å². The normalized spacial score (nSPS) is 11.5. The molecule has 0 N–H and O–H groups in total. The van der Waals surface area contributed by atoms with Gasteiger partial charge >= 0.3 is 0 Å². The highest BCUT2D eigenvalue weighted by atomic mass is 32.1. The summed E-state index contributed by atoms with van der Waals surface area (Å²) in [5.74, 6) is 0.484. The maximum absolute atomic E-state index is 5.41. The summed E-state index contributed by atoms with van der Waals surface area (Å²) in [6, 6.07) is 8.08. The number of furan rings is 1. The molecule has 2 aromatic heterocycles. The summed E-state index contributed by atoms with van der Waals surface area (Å²) in [7, 11) is 0. The predicted octanol–water partition coefficient (Wildman–Crippen LogP) is 4.68. The molecular weight excluding hydrogens is 230 g/mol. The van der Waals surface area contributed by atoms with E-state index in [1.165, 1.54) is 5.01 Å². The van der Waals surface area contributed by atoms with E-state index in [-0.39, 0.29) is 0 Å². The van der Waals surface area contributed by atoms with Crippen LogP contribution in [0.1, 0.15) is 24.8 Å². The number of nitrogens with zero attached hydrogens (tertiary/aromatic N) is 1. The zero-order valence-corrected chi connectivity index (χ0v) is 10.6. The Morgan fingerprint density at radius 2 is 2.12 bits per heavy atom. The molecule has 86 valence electrons. The van der Waals surface area contributed by atoms with Gasteiger partial charge in [-0.3, -0.25) is 0 Å². The number of hydrogen-bond donors (Lipinski definition) is 0. The maximum Gasteiger partial charge on any atom is 0.134 e. The molecular formula is C14H13NOS. The van der Waals surface area contributed by atoms with E-state index < -0.39 is 0 Å². The summed E-state index contributed by atoms with van der Waals surface area (Å²) in [5, 5.41) is 4.44. The Kier molecular flexibility index (Phi) is 2.48. The first-order valence-corrected chi connectivity index (χ1v) is 6.55. The van der Waals surface area contributed by atoms with Gasteiger partial charge in [-0.05, 0) is 12.1 Å². The SMILES string of the molecule is CC(C)c1nc(-c2cccc3occc23)cs1. The van der Waals surface area contributed by atoms with Crippen LogP contribution in [0.3, 0.4) is 0 Å². The molecule has 0 radical (unpaired) electrons. The van der Waals surface area contributed by atoms with Crippen LogP contribution in [0, 0.1) is 0 Å². The Labute approximate surface area is 104 Å². The molecule has 1 aromatic carbocycles. The number of rotatable bonds is 2. The van der Waals surface area contributed by atoms with Crippen LogP contribution in [0.5, 0.6) is 0 Å². The quantitative estimate of drug-likeness (QED) is 0.653. The molecule has 0 fully saturated rings. The van der Waals surface area contributed by atoms with Crippen molar-refractivity contribution in [1.29, 1.82) is 0 Å². The molecule has 3 aromatic rings. The second-order valence-corrected chi connectivity index (χ2v) is 5.25. The van der Waals surface area contributed by atoms with Crippen LogP contribution in [0.25, 0.3) is 22.2 Å². The minimum Gasteiger partial charge on any atom is -0.464 e. The Hall–Kier alpha value is -1.61. The fraction of sp³-hybridized carbons (Fsp3) is 0.214. The van der Waals surface area contributed by atoms with Crippen molar-refractivity contribution in [2.75, 3.05) is 0 Å². The minimum atomic E-state index is 0.484. The number of hydrogen-bond acceptors (Lipinski definition) is 3. The summed E-state index contributed by atoms with van der Waals surface area (Å²) in [6.07, 6.45) is 1.73. The third kappa shape index (κ3) is 1.76. The summed E-state index contributed by atoms with van der Waals surface area (Å²) < 4.78 is 5.41. The second kappa shape index (κ2) is 4.00. The maximum atomic E-state index is 5.41. The van der Waals surface area contributed by atoms with Gasteiger partial charge in [0.2, 0.25) is 0 Å². The average Bonchev–Trinajstić information content (AvgIpc) is 2.97. The van der Waals surface area contributed by atoms with Crippen molar-refractivity contribution < 1.29 is 4.42 Å². The van der Waals surface area contributed by atoms with E-state index in [1.54, 1.807) is 17.6 Å². The summed E-state index contributed by atoms with van der Waals surface area (Å²) in [4.78, 5) is 4.69. The third-order valence-corrected chi connectivity index (χ3v) is 3.93. The molecule has 0 aliphatic heterocycles. The molecule has 0 aliphatic carbocycles. The summed E-state index contributed by atoms with van der Waals surface area (Å²) in [6.45, 7) is 4.34. The number of aromatic nitrogens is 1. The van der Waals surface area contributed by atoms with Gasteiger partial charge in [-0.25, -0.2) is 4.98 Å². The largest absolute Gasteiger partial charge is 0.464 e.